The zero-order valence-corrected chi connectivity index (χ0v) is 19.5. The average molecular weight is 521 g/mol. The van der Waals surface area contributed by atoms with Crippen LogP contribution in [0.5, 0.6) is 5.88 Å². The van der Waals surface area contributed by atoms with Gasteiger partial charge in [-0.1, -0.05) is 12.1 Å². The van der Waals surface area contributed by atoms with Crippen LogP contribution in [0.4, 0.5) is 32.0 Å². The molecule has 1 aromatic heterocycles. The van der Waals surface area contributed by atoms with Gasteiger partial charge in [0.2, 0.25) is 12.1 Å². The highest BCUT2D eigenvalue weighted by molar-refractivity contribution is 6.12. The van der Waals surface area contributed by atoms with Crippen LogP contribution in [0.3, 0.4) is 0 Å². The van der Waals surface area contributed by atoms with Gasteiger partial charge in [0.05, 0.1) is 22.5 Å². The monoisotopic (exact) mass is 521 g/mol. The van der Waals surface area contributed by atoms with Gasteiger partial charge in [-0.25, -0.2) is 4.98 Å². The topological polar surface area (TPSA) is 104 Å². The fourth-order valence-corrected chi connectivity index (χ4v) is 3.10. The van der Waals surface area contributed by atoms with Gasteiger partial charge in [0.25, 0.3) is 17.9 Å². The van der Waals surface area contributed by atoms with Crippen molar-refractivity contribution in [2.24, 2.45) is 0 Å². The van der Waals surface area contributed by atoms with Gasteiger partial charge >= 0.3 is 12.4 Å². The molecule has 0 saturated carbocycles. The van der Waals surface area contributed by atoms with Crippen molar-refractivity contribution in [2.45, 2.75) is 44.8 Å². The molecule has 2 aromatic rings. The number of carbonyl (C=O) groups is 2. The molecule has 196 valence electrons. The molecule has 0 saturated heterocycles. The Labute approximate surface area is 201 Å². The zero-order valence-electron chi connectivity index (χ0n) is 19.5. The molecule has 36 heavy (non-hydrogen) atoms. The molecule has 2 amide bonds. The molecular formula is C22H23F6N4O4+. The molecule has 2 rings (SSSR count). The van der Waals surface area contributed by atoms with Crippen LogP contribution < -0.4 is 15.4 Å². The summed E-state index contributed by atoms with van der Waals surface area (Å²) in [5.41, 5.74) is -1.26. The first-order chi connectivity index (χ1) is 16.4. The molecule has 1 aromatic carbocycles. The Morgan fingerprint density at radius 2 is 1.53 bits per heavy atom. The van der Waals surface area contributed by atoms with E-state index < -0.39 is 41.7 Å². The number of hydrogen-bond donors (Lipinski definition) is 3. The first kappa shape index (κ1) is 28.4. The van der Waals surface area contributed by atoms with E-state index in [9.17, 15) is 41.1 Å². The molecule has 3 N–H and O–H groups in total. The van der Waals surface area contributed by atoms with Crippen LogP contribution in [0.25, 0.3) is 0 Å². The van der Waals surface area contributed by atoms with Crippen LogP contribution in [-0.4, -0.2) is 64.0 Å². The van der Waals surface area contributed by atoms with E-state index >= 15 is 0 Å². The second-order valence-electron chi connectivity index (χ2n) is 8.24. The number of hydroxylamine groups is 1. The van der Waals surface area contributed by atoms with Crippen molar-refractivity contribution in [1.82, 2.24) is 10.3 Å². The quantitative estimate of drug-likeness (QED) is 0.167. The number of halogens is 6. The standard InChI is InChI=1S/C22H22F6N4O4/c1-12-15(9-10-16(29-12)36-19(21(23,24)25)22(26,27)28)30-17(33)13-7-5-6-8-14(13)18(34)31-20(2,3)11-32(4)35/h5-11,19H,1-4H3,(H2-,30,31,33,34,35)/p+1. The summed E-state index contributed by atoms with van der Waals surface area (Å²) in [6.07, 6.45) is -14.2. The summed E-state index contributed by atoms with van der Waals surface area (Å²) in [7, 11) is 1.34. The molecule has 0 atom stereocenters. The Kier molecular flexibility index (Phi) is 8.22. The molecule has 0 aliphatic rings. The minimum absolute atomic E-state index is 0.0270. The summed E-state index contributed by atoms with van der Waals surface area (Å²) in [5, 5.41) is 14.4. The Hall–Kier alpha value is -3.84. The second kappa shape index (κ2) is 10.4. The van der Waals surface area contributed by atoms with Crippen LogP contribution >= 0.6 is 0 Å². The van der Waals surface area contributed by atoms with E-state index in [1.54, 1.807) is 13.8 Å². The molecule has 14 heteroatoms. The van der Waals surface area contributed by atoms with Gasteiger partial charge in [-0.2, -0.15) is 26.3 Å². The number of amides is 2. The molecule has 0 aliphatic carbocycles. The fourth-order valence-electron chi connectivity index (χ4n) is 3.10. The minimum Gasteiger partial charge on any atom is -0.455 e. The van der Waals surface area contributed by atoms with E-state index in [1.165, 1.54) is 44.5 Å². The molecule has 0 radical (unpaired) electrons. The molecule has 0 unspecified atom stereocenters. The highest BCUT2D eigenvalue weighted by atomic mass is 19.4. The Bertz CT molecular complexity index is 1140. The smallest absolute Gasteiger partial charge is 0.434 e. The van der Waals surface area contributed by atoms with Crippen LogP contribution in [0.1, 0.15) is 40.3 Å². The number of ether oxygens (including phenoxy) is 1. The van der Waals surface area contributed by atoms with Gasteiger partial charge in [0.15, 0.2) is 7.05 Å². The Morgan fingerprint density at radius 1 is 1.00 bits per heavy atom. The van der Waals surface area contributed by atoms with E-state index in [0.717, 1.165) is 16.9 Å². The summed E-state index contributed by atoms with van der Waals surface area (Å²) in [5.74, 6) is -2.38. The predicted octanol–water partition coefficient (Wildman–Crippen LogP) is 4.13. The SMILES string of the molecule is Cc1nc(OC(C(F)(F)F)C(F)(F)F)ccc1NC(=O)c1ccccc1C(=O)NC(C)(C)C=[N+](C)O. The van der Waals surface area contributed by atoms with Crippen molar-refractivity contribution < 1.29 is 50.6 Å². The van der Waals surface area contributed by atoms with Gasteiger partial charge in [-0.15, -0.1) is 0 Å². The first-order valence-corrected chi connectivity index (χ1v) is 10.2. The summed E-state index contributed by atoms with van der Waals surface area (Å²) in [6, 6.07) is 7.49. The molecule has 0 aliphatic heterocycles. The lowest BCUT2D eigenvalue weighted by molar-refractivity contribution is -0.752. The number of aromatic nitrogens is 1. The van der Waals surface area contributed by atoms with Gasteiger partial charge in [0.1, 0.15) is 5.54 Å². The minimum atomic E-state index is -5.72. The molecular weight excluding hydrogens is 498 g/mol. The maximum atomic E-state index is 12.9. The number of nitrogens with one attached hydrogen (secondary N) is 2. The third-order valence-corrected chi connectivity index (χ3v) is 4.50. The van der Waals surface area contributed by atoms with Crippen LogP contribution in [-0.2, 0) is 0 Å². The lowest BCUT2D eigenvalue weighted by Gasteiger charge is -2.23. The number of nitrogens with zero attached hydrogens (tertiary/aromatic N) is 2. The highest BCUT2D eigenvalue weighted by Crippen LogP contribution is 2.36. The maximum Gasteiger partial charge on any atom is 0.434 e. The lowest BCUT2D eigenvalue weighted by Crippen LogP contribution is -2.46. The average Bonchev–Trinajstić information content (AvgIpc) is 2.70. The first-order valence-electron chi connectivity index (χ1n) is 10.2. The number of carbonyl (C=O) groups excluding carboxylic acids is 2. The summed E-state index contributed by atoms with van der Waals surface area (Å²) >= 11 is 0. The number of aryl methyl sites for hydroxylation is 1. The van der Waals surface area contributed by atoms with E-state index in [4.69, 9.17) is 0 Å². The Morgan fingerprint density at radius 3 is 2.00 bits per heavy atom. The maximum absolute atomic E-state index is 12.9. The summed E-state index contributed by atoms with van der Waals surface area (Å²) < 4.78 is 81.2. The van der Waals surface area contributed by atoms with Crippen molar-refractivity contribution in [3.63, 3.8) is 0 Å². The van der Waals surface area contributed by atoms with E-state index in [1.807, 2.05) is 0 Å². The third kappa shape index (κ3) is 7.58. The number of benzene rings is 1. The third-order valence-electron chi connectivity index (χ3n) is 4.50. The van der Waals surface area contributed by atoms with E-state index in [-0.39, 0.29) is 22.5 Å². The number of hydrogen-bond acceptors (Lipinski definition) is 5. The van der Waals surface area contributed by atoms with Crippen molar-refractivity contribution >= 4 is 23.7 Å². The van der Waals surface area contributed by atoms with Gasteiger partial charge in [-0.3, -0.25) is 14.8 Å². The van der Waals surface area contributed by atoms with Gasteiger partial charge < -0.3 is 15.4 Å². The molecule has 0 bridgehead atoms. The molecule has 0 fully saturated rings. The van der Waals surface area contributed by atoms with Crippen molar-refractivity contribution in [2.75, 3.05) is 12.4 Å². The fraction of sp³-hybridized carbons (Fsp3) is 0.364. The van der Waals surface area contributed by atoms with Crippen LogP contribution in [0.15, 0.2) is 36.4 Å². The highest BCUT2D eigenvalue weighted by Gasteiger charge is 2.59. The lowest BCUT2D eigenvalue weighted by atomic mass is 10.0. The number of pyridine rings is 1. The number of alkyl halides is 6. The van der Waals surface area contributed by atoms with E-state index in [2.05, 4.69) is 20.4 Å². The second-order valence-corrected chi connectivity index (χ2v) is 8.24. The Balaban J connectivity index is 2.26. The predicted molar refractivity (Wildman–Crippen MR) is 115 cm³/mol. The molecule has 0 spiro atoms. The van der Waals surface area contributed by atoms with Gasteiger partial charge in [-0.05, 0) is 43.7 Å². The normalized spacial score (nSPS) is 12.9. The summed E-state index contributed by atoms with van der Waals surface area (Å²) in [6.45, 7) is 4.43. The van der Waals surface area contributed by atoms with Crippen molar-refractivity contribution in [3.05, 3.63) is 53.2 Å². The molecule has 1 heterocycles. The van der Waals surface area contributed by atoms with Crippen LogP contribution in [0.2, 0.25) is 0 Å². The number of anilines is 1. The van der Waals surface area contributed by atoms with Crippen molar-refractivity contribution in [3.8, 4) is 5.88 Å². The number of rotatable bonds is 7. The molecule has 8 nitrogen and oxygen atoms in total. The van der Waals surface area contributed by atoms with Crippen LogP contribution in [0, 0.1) is 6.92 Å². The zero-order chi connectivity index (χ0) is 27.5. The van der Waals surface area contributed by atoms with Gasteiger partial charge in [0, 0.05) is 6.07 Å². The van der Waals surface area contributed by atoms with Crippen molar-refractivity contribution in [1.29, 1.82) is 0 Å². The summed E-state index contributed by atoms with van der Waals surface area (Å²) in [4.78, 5) is 29.2. The largest absolute Gasteiger partial charge is 0.455 e. The van der Waals surface area contributed by atoms with E-state index in [0.29, 0.717) is 0 Å².